The van der Waals surface area contributed by atoms with Gasteiger partial charge in [-0.2, -0.15) is 0 Å². The predicted octanol–water partition coefficient (Wildman–Crippen LogP) is 4.89. The highest BCUT2D eigenvalue weighted by Gasteiger charge is 2.17. The van der Waals surface area contributed by atoms with Gasteiger partial charge in [0.05, 0.1) is 16.5 Å². The summed E-state index contributed by atoms with van der Waals surface area (Å²) in [5.74, 6) is 0.743. The van der Waals surface area contributed by atoms with Crippen molar-refractivity contribution in [1.82, 2.24) is 14.5 Å². The number of aryl methyl sites for hydroxylation is 1. The van der Waals surface area contributed by atoms with Gasteiger partial charge in [0.1, 0.15) is 17.4 Å². The minimum absolute atomic E-state index is 0.220. The highest BCUT2D eigenvalue weighted by atomic mass is 35.5. The van der Waals surface area contributed by atoms with Crippen molar-refractivity contribution in [1.29, 1.82) is 0 Å². The van der Waals surface area contributed by atoms with Crippen molar-refractivity contribution in [3.63, 3.8) is 0 Å². The zero-order valence-corrected chi connectivity index (χ0v) is 15.9. The van der Waals surface area contributed by atoms with E-state index in [0.717, 1.165) is 5.56 Å². The summed E-state index contributed by atoms with van der Waals surface area (Å²) in [6.07, 6.45) is 1.58. The van der Waals surface area contributed by atoms with E-state index < -0.39 is 0 Å². The smallest absolute Gasteiger partial charge is 0.261 e. The van der Waals surface area contributed by atoms with E-state index >= 15 is 0 Å². The van der Waals surface area contributed by atoms with E-state index in [0.29, 0.717) is 33.1 Å². The number of fused-ring (bicyclic) bond motifs is 1. The van der Waals surface area contributed by atoms with E-state index in [-0.39, 0.29) is 17.3 Å². The number of aromatic nitrogens is 3. The first-order chi connectivity index (χ1) is 13.4. The highest BCUT2D eigenvalue weighted by Crippen LogP contribution is 2.31. The minimum atomic E-state index is -0.360. The summed E-state index contributed by atoms with van der Waals surface area (Å²) in [4.78, 5) is 21.9. The van der Waals surface area contributed by atoms with Crippen LogP contribution in [0.5, 0.6) is 11.6 Å². The molecule has 4 rings (SSSR count). The third-order valence-electron chi connectivity index (χ3n) is 4.38. The van der Waals surface area contributed by atoms with Crippen LogP contribution in [0.2, 0.25) is 5.02 Å². The summed E-state index contributed by atoms with van der Waals surface area (Å²) in [5.41, 5.74) is 1.69. The zero-order chi connectivity index (χ0) is 19.8. The molecule has 0 radical (unpaired) electrons. The lowest BCUT2D eigenvalue weighted by Crippen LogP contribution is -2.21. The van der Waals surface area contributed by atoms with Crippen LogP contribution in [0.4, 0.5) is 4.39 Å². The molecular weight excluding hydrogens is 381 g/mol. The van der Waals surface area contributed by atoms with Gasteiger partial charge in [-0.05, 0) is 61.0 Å². The van der Waals surface area contributed by atoms with Crippen molar-refractivity contribution in [2.75, 3.05) is 0 Å². The zero-order valence-electron chi connectivity index (χ0n) is 15.1. The Labute approximate surface area is 165 Å². The number of hydrogen-bond donors (Lipinski definition) is 0. The van der Waals surface area contributed by atoms with Crippen molar-refractivity contribution in [3.8, 4) is 23.0 Å². The SMILES string of the molecule is Cc1cc(Cl)cc2c(=O)n(C)c(-c3cccnc3Oc3ccc(F)cc3)nc12. The van der Waals surface area contributed by atoms with Gasteiger partial charge < -0.3 is 4.74 Å². The molecule has 2 heterocycles. The fraction of sp³-hybridized carbons (Fsp3) is 0.0952. The Morgan fingerprint density at radius 1 is 1.14 bits per heavy atom. The van der Waals surface area contributed by atoms with Crippen LogP contribution in [0.3, 0.4) is 0 Å². The Morgan fingerprint density at radius 2 is 1.89 bits per heavy atom. The largest absolute Gasteiger partial charge is 0.438 e. The lowest BCUT2D eigenvalue weighted by molar-refractivity contribution is 0.462. The molecule has 2 aromatic heterocycles. The van der Waals surface area contributed by atoms with Gasteiger partial charge in [-0.1, -0.05) is 11.6 Å². The molecule has 0 N–H and O–H groups in total. The van der Waals surface area contributed by atoms with Crippen LogP contribution >= 0.6 is 11.6 Å². The topological polar surface area (TPSA) is 57.0 Å². The molecule has 5 nitrogen and oxygen atoms in total. The Kier molecular flexibility index (Phi) is 4.57. The fourth-order valence-electron chi connectivity index (χ4n) is 3.00. The number of benzene rings is 2. The fourth-order valence-corrected chi connectivity index (χ4v) is 3.27. The Hall–Kier alpha value is -3.25. The molecule has 0 bridgehead atoms. The third-order valence-corrected chi connectivity index (χ3v) is 4.59. The molecule has 0 unspecified atom stereocenters. The van der Waals surface area contributed by atoms with Crippen LogP contribution in [0.1, 0.15) is 5.56 Å². The summed E-state index contributed by atoms with van der Waals surface area (Å²) in [6, 6.07) is 12.5. The van der Waals surface area contributed by atoms with E-state index in [4.69, 9.17) is 16.3 Å². The molecule has 4 aromatic rings. The number of ether oxygens (including phenoxy) is 1. The van der Waals surface area contributed by atoms with Gasteiger partial charge in [-0.15, -0.1) is 0 Å². The van der Waals surface area contributed by atoms with Crippen LogP contribution in [0.25, 0.3) is 22.3 Å². The highest BCUT2D eigenvalue weighted by molar-refractivity contribution is 6.31. The maximum Gasteiger partial charge on any atom is 0.261 e. The Morgan fingerprint density at radius 3 is 2.64 bits per heavy atom. The molecule has 28 heavy (non-hydrogen) atoms. The van der Waals surface area contributed by atoms with E-state index in [1.807, 2.05) is 6.92 Å². The maximum absolute atomic E-state index is 13.2. The van der Waals surface area contributed by atoms with Crippen molar-refractivity contribution >= 4 is 22.5 Å². The second-order valence-electron chi connectivity index (χ2n) is 6.33. The molecule has 0 amide bonds. The average Bonchev–Trinajstić information content (AvgIpc) is 2.67. The number of hydrogen-bond acceptors (Lipinski definition) is 4. The van der Waals surface area contributed by atoms with Crippen LogP contribution < -0.4 is 10.3 Å². The van der Waals surface area contributed by atoms with E-state index in [1.165, 1.54) is 28.8 Å². The second-order valence-corrected chi connectivity index (χ2v) is 6.77. The molecule has 0 fully saturated rings. The van der Waals surface area contributed by atoms with E-state index in [2.05, 4.69) is 9.97 Å². The van der Waals surface area contributed by atoms with Crippen molar-refractivity contribution in [3.05, 3.63) is 81.5 Å². The van der Waals surface area contributed by atoms with Gasteiger partial charge in [0, 0.05) is 18.3 Å². The monoisotopic (exact) mass is 395 g/mol. The molecular formula is C21H15ClFN3O2. The molecule has 0 saturated carbocycles. The first-order valence-electron chi connectivity index (χ1n) is 8.50. The molecule has 0 saturated heterocycles. The summed E-state index contributed by atoms with van der Waals surface area (Å²) in [5, 5.41) is 0.930. The lowest BCUT2D eigenvalue weighted by atomic mass is 10.1. The predicted molar refractivity (Wildman–Crippen MR) is 106 cm³/mol. The quantitative estimate of drug-likeness (QED) is 0.495. The van der Waals surface area contributed by atoms with Crippen molar-refractivity contribution in [2.45, 2.75) is 6.92 Å². The summed E-state index contributed by atoms with van der Waals surface area (Å²) in [7, 11) is 1.63. The van der Waals surface area contributed by atoms with E-state index in [9.17, 15) is 9.18 Å². The summed E-state index contributed by atoms with van der Waals surface area (Å²) >= 11 is 6.10. The molecule has 2 aromatic carbocycles. The number of rotatable bonds is 3. The number of nitrogens with zero attached hydrogens (tertiary/aromatic N) is 3. The Bertz CT molecular complexity index is 1250. The second kappa shape index (κ2) is 7.05. The van der Waals surface area contributed by atoms with Gasteiger partial charge in [0.25, 0.3) is 5.56 Å². The van der Waals surface area contributed by atoms with Crippen molar-refractivity contribution < 1.29 is 9.13 Å². The molecule has 140 valence electrons. The van der Waals surface area contributed by atoms with Gasteiger partial charge in [-0.3, -0.25) is 9.36 Å². The molecule has 0 atom stereocenters. The van der Waals surface area contributed by atoms with Crippen LogP contribution in [-0.4, -0.2) is 14.5 Å². The third kappa shape index (κ3) is 3.23. The van der Waals surface area contributed by atoms with Crippen molar-refractivity contribution in [2.24, 2.45) is 7.05 Å². The molecule has 0 aliphatic carbocycles. The number of pyridine rings is 1. The van der Waals surface area contributed by atoms with Crippen LogP contribution in [-0.2, 0) is 7.05 Å². The first kappa shape index (κ1) is 18.1. The molecule has 7 heteroatoms. The van der Waals surface area contributed by atoms with Gasteiger partial charge >= 0.3 is 0 Å². The Balaban J connectivity index is 1.90. The summed E-state index contributed by atoms with van der Waals surface area (Å²) < 4.78 is 20.4. The van der Waals surface area contributed by atoms with Gasteiger partial charge in [0.15, 0.2) is 0 Å². The molecule has 0 spiro atoms. The van der Waals surface area contributed by atoms with Crippen LogP contribution in [0, 0.1) is 12.7 Å². The standard InChI is InChI=1S/C21H15ClFN3O2/c1-12-10-13(22)11-17-18(12)25-19(26(2)21(17)27)16-4-3-9-24-20(16)28-15-7-5-14(23)6-8-15/h3-11H,1-2H3. The lowest BCUT2D eigenvalue weighted by Gasteiger charge is -2.14. The molecule has 0 aliphatic heterocycles. The van der Waals surface area contributed by atoms with E-state index in [1.54, 1.807) is 37.5 Å². The van der Waals surface area contributed by atoms with Gasteiger partial charge in [0.2, 0.25) is 5.88 Å². The maximum atomic E-state index is 13.2. The van der Waals surface area contributed by atoms with Gasteiger partial charge in [-0.25, -0.2) is 14.4 Å². The minimum Gasteiger partial charge on any atom is -0.438 e. The average molecular weight is 396 g/mol. The summed E-state index contributed by atoms with van der Waals surface area (Å²) in [6.45, 7) is 1.85. The normalized spacial score (nSPS) is 11.0. The van der Waals surface area contributed by atoms with Crippen LogP contribution in [0.15, 0.2) is 59.5 Å². The first-order valence-corrected chi connectivity index (χ1v) is 8.87. The number of halogens is 2. The molecule has 0 aliphatic rings.